The van der Waals surface area contributed by atoms with E-state index in [1.807, 2.05) is 0 Å². The average molecular weight is 239 g/mol. The number of halogens is 1. The Morgan fingerprint density at radius 1 is 1.44 bits per heavy atom. The lowest BCUT2D eigenvalue weighted by molar-refractivity contribution is 0.387. The van der Waals surface area contributed by atoms with Crippen LogP contribution in [0.25, 0.3) is 0 Å². The molecule has 0 aliphatic rings. The molecule has 0 atom stereocenters. The molecule has 0 amide bonds. The second kappa shape index (κ2) is 4.52. The first-order valence-electron chi connectivity index (χ1n) is 4.61. The van der Waals surface area contributed by atoms with E-state index in [9.17, 15) is 4.39 Å². The Bertz CT molecular complexity index is 480. The van der Waals surface area contributed by atoms with Crippen molar-refractivity contribution in [2.75, 3.05) is 5.73 Å². The Morgan fingerprint density at radius 3 is 2.88 bits per heavy atom. The Hall–Kier alpha value is -1.56. The van der Waals surface area contributed by atoms with Crippen molar-refractivity contribution in [1.82, 2.24) is 10.1 Å². The third-order valence-electron chi connectivity index (χ3n) is 1.83. The van der Waals surface area contributed by atoms with Crippen LogP contribution < -0.4 is 5.73 Å². The molecule has 1 aromatic heterocycles. The second-order valence-corrected chi connectivity index (χ2v) is 4.29. The Kier molecular flexibility index (Phi) is 3.09. The van der Waals surface area contributed by atoms with Gasteiger partial charge in [0.15, 0.2) is 5.82 Å². The van der Waals surface area contributed by atoms with Gasteiger partial charge in [-0.05, 0) is 25.1 Å². The maximum absolute atomic E-state index is 13.0. The summed E-state index contributed by atoms with van der Waals surface area (Å²) in [4.78, 5) is 4.79. The quantitative estimate of drug-likeness (QED) is 0.658. The summed E-state index contributed by atoms with van der Waals surface area (Å²) < 4.78 is 18.0. The van der Waals surface area contributed by atoms with Crippen LogP contribution in [0, 0.1) is 12.7 Å². The molecule has 2 rings (SSSR count). The smallest absolute Gasteiger partial charge is 0.236 e. The highest BCUT2D eigenvalue weighted by Crippen LogP contribution is 2.24. The zero-order valence-electron chi connectivity index (χ0n) is 8.61. The van der Waals surface area contributed by atoms with Crippen LogP contribution in [0.1, 0.15) is 11.7 Å². The fraction of sp³-hybridized carbons (Fsp3) is 0.200. The van der Waals surface area contributed by atoms with E-state index in [2.05, 4.69) is 10.1 Å². The van der Waals surface area contributed by atoms with Crippen molar-refractivity contribution in [1.29, 1.82) is 0 Å². The Labute approximate surface area is 96.0 Å². The molecule has 0 aliphatic heterocycles. The van der Waals surface area contributed by atoms with Gasteiger partial charge in [0.2, 0.25) is 5.89 Å². The van der Waals surface area contributed by atoms with Crippen molar-refractivity contribution in [3.8, 4) is 0 Å². The van der Waals surface area contributed by atoms with Crippen LogP contribution in [-0.4, -0.2) is 10.1 Å². The minimum Gasteiger partial charge on any atom is -0.399 e. The highest BCUT2D eigenvalue weighted by Gasteiger charge is 2.05. The van der Waals surface area contributed by atoms with Gasteiger partial charge < -0.3 is 10.3 Å². The molecule has 0 spiro atoms. The third kappa shape index (κ3) is 2.73. The number of aromatic nitrogens is 2. The summed E-state index contributed by atoms with van der Waals surface area (Å²) in [6.45, 7) is 1.75. The van der Waals surface area contributed by atoms with Crippen LogP contribution in [0.4, 0.5) is 10.1 Å². The molecule has 0 radical (unpaired) electrons. The van der Waals surface area contributed by atoms with Gasteiger partial charge in [0.05, 0.1) is 5.75 Å². The van der Waals surface area contributed by atoms with Crippen molar-refractivity contribution in [3.63, 3.8) is 0 Å². The van der Waals surface area contributed by atoms with Crippen LogP contribution in [0.3, 0.4) is 0 Å². The van der Waals surface area contributed by atoms with Gasteiger partial charge in [0, 0.05) is 10.6 Å². The molecule has 4 nitrogen and oxygen atoms in total. The van der Waals surface area contributed by atoms with E-state index in [1.54, 1.807) is 13.0 Å². The number of thioether (sulfide) groups is 1. The topological polar surface area (TPSA) is 64.9 Å². The normalized spacial score (nSPS) is 10.6. The third-order valence-corrected chi connectivity index (χ3v) is 2.79. The molecule has 0 saturated heterocycles. The van der Waals surface area contributed by atoms with E-state index in [4.69, 9.17) is 10.3 Å². The number of nitrogens with zero attached hydrogens (tertiary/aromatic N) is 2. The first-order valence-corrected chi connectivity index (χ1v) is 5.60. The van der Waals surface area contributed by atoms with Gasteiger partial charge in [-0.25, -0.2) is 4.39 Å². The Balaban J connectivity index is 2.04. The fourth-order valence-corrected chi connectivity index (χ4v) is 2.03. The highest BCUT2D eigenvalue weighted by molar-refractivity contribution is 7.98. The predicted molar refractivity (Wildman–Crippen MR) is 59.4 cm³/mol. The zero-order chi connectivity index (χ0) is 11.5. The average Bonchev–Trinajstić information content (AvgIpc) is 2.60. The van der Waals surface area contributed by atoms with Crippen molar-refractivity contribution in [2.45, 2.75) is 17.6 Å². The summed E-state index contributed by atoms with van der Waals surface area (Å²) in [6.07, 6.45) is 0. The van der Waals surface area contributed by atoms with Crippen LogP contribution in [-0.2, 0) is 5.75 Å². The minimum absolute atomic E-state index is 0.343. The number of hydrogen-bond donors (Lipinski definition) is 1. The molecular formula is C10H10FN3OS. The largest absolute Gasteiger partial charge is 0.399 e. The summed E-state index contributed by atoms with van der Waals surface area (Å²) in [5.41, 5.74) is 5.93. The summed E-state index contributed by atoms with van der Waals surface area (Å²) in [6, 6.07) is 4.40. The van der Waals surface area contributed by atoms with E-state index in [0.717, 1.165) is 4.90 Å². The molecule has 0 aliphatic carbocycles. The van der Waals surface area contributed by atoms with E-state index in [0.29, 0.717) is 23.2 Å². The lowest BCUT2D eigenvalue weighted by Crippen LogP contribution is -1.88. The zero-order valence-corrected chi connectivity index (χ0v) is 9.42. The van der Waals surface area contributed by atoms with E-state index < -0.39 is 0 Å². The van der Waals surface area contributed by atoms with Gasteiger partial charge in [-0.2, -0.15) is 4.98 Å². The van der Waals surface area contributed by atoms with Crippen molar-refractivity contribution in [2.24, 2.45) is 0 Å². The van der Waals surface area contributed by atoms with Gasteiger partial charge in [-0.15, -0.1) is 11.8 Å². The van der Waals surface area contributed by atoms with Crippen LogP contribution in [0.5, 0.6) is 0 Å². The van der Waals surface area contributed by atoms with E-state index >= 15 is 0 Å². The number of aryl methyl sites for hydroxylation is 1. The molecule has 0 saturated carbocycles. The Morgan fingerprint density at radius 2 is 2.25 bits per heavy atom. The standard InChI is InChI=1S/C10H10FN3OS/c1-6-13-10(15-14-6)5-16-9-3-7(11)2-8(12)4-9/h2-4H,5,12H2,1H3. The highest BCUT2D eigenvalue weighted by atomic mass is 32.2. The molecule has 0 bridgehead atoms. The maximum Gasteiger partial charge on any atom is 0.236 e. The SMILES string of the molecule is Cc1noc(CSc2cc(N)cc(F)c2)n1. The van der Waals surface area contributed by atoms with E-state index in [1.165, 1.54) is 23.9 Å². The second-order valence-electron chi connectivity index (χ2n) is 3.24. The number of hydrogen-bond acceptors (Lipinski definition) is 5. The molecule has 0 unspecified atom stereocenters. The molecule has 2 N–H and O–H groups in total. The number of anilines is 1. The number of benzene rings is 1. The number of rotatable bonds is 3. The number of nitrogen functional groups attached to an aromatic ring is 1. The lowest BCUT2D eigenvalue weighted by Gasteiger charge is -2.00. The van der Waals surface area contributed by atoms with Gasteiger partial charge in [-0.3, -0.25) is 0 Å². The summed E-state index contributed by atoms with van der Waals surface area (Å²) in [5.74, 6) is 1.27. The minimum atomic E-state index is -0.343. The summed E-state index contributed by atoms with van der Waals surface area (Å²) in [5, 5.41) is 3.67. The molecular weight excluding hydrogens is 229 g/mol. The van der Waals surface area contributed by atoms with Gasteiger partial charge in [0.25, 0.3) is 0 Å². The molecule has 1 heterocycles. The van der Waals surface area contributed by atoms with Crippen LogP contribution in [0.15, 0.2) is 27.6 Å². The van der Waals surface area contributed by atoms with Gasteiger partial charge in [-0.1, -0.05) is 5.16 Å². The molecule has 1 aromatic carbocycles. The molecule has 6 heteroatoms. The molecule has 84 valence electrons. The number of nitrogens with two attached hydrogens (primary N) is 1. The van der Waals surface area contributed by atoms with Crippen LogP contribution in [0.2, 0.25) is 0 Å². The van der Waals surface area contributed by atoms with Crippen molar-refractivity contribution < 1.29 is 8.91 Å². The maximum atomic E-state index is 13.0. The first kappa shape index (κ1) is 10.9. The van der Waals surface area contributed by atoms with Crippen molar-refractivity contribution >= 4 is 17.4 Å². The lowest BCUT2D eigenvalue weighted by atomic mass is 10.3. The molecule has 16 heavy (non-hydrogen) atoms. The van der Waals surface area contributed by atoms with E-state index in [-0.39, 0.29) is 5.82 Å². The predicted octanol–water partition coefficient (Wildman–Crippen LogP) is 2.39. The molecule has 2 aromatic rings. The first-order chi connectivity index (χ1) is 7.63. The van der Waals surface area contributed by atoms with Gasteiger partial charge in [0.1, 0.15) is 5.82 Å². The summed E-state index contributed by atoms with van der Waals surface area (Å²) in [7, 11) is 0. The summed E-state index contributed by atoms with van der Waals surface area (Å²) >= 11 is 1.40. The van der Waals surface area contributed by atoms with Gasteiger partial charge >= 0.3 is 0 Å². The van der Waals surface area contributed by atoms with Crippen LogP contribution >= 0.6 is 11.8 Å². The molecule has 0 fully saturated rings. The monoisotopic (exact) mass is 239 g/mol. The van der Waals surface area contributed by atoms with Crippen molar-refractivity contribution in [3.05, 3.63) is 35.7 Å². The fourth-order valence-electron chi connectivity index (χ4n) is 1.21.